The van der Waals surface area contributed by atoms with Crippen molar-refractivity contribution in [3.63, 3.8) is 0 Å². The van der Waals surface area contributed by atoms with Gasteiger partial charge in [0.05, 0.1) is 12.5 Å². The summed E-state index contributed by atoms with van der Waals surface area (Å²) in [5.41, 5.74) is 7.85. The summed E-state index contributed by atoms with van der Waals surface area (Å²) in [4.78, 5) is 45.7. The Balaban J connectivity index is 1.34. The monoisotopic (exact) mass is 496 g/mol. The molecule has 0 unspecified atom stereocenters. The molecule has 2 aliphatic carbocycles. The third-order valence-corrected chi connectivity index (χ3v) is 8.96. The van der Waals surface area contributed by atoms with E-state index in [2.05, 4.69) is 9.80 Å². The molecule has 36 heavy (non-hydrogen) atoms. The number of likely N-dealkylation sites (tertiary alicyclic amines) is 1. The highest BCUT2D eigenvalue weighted by Crippen LogP contribution is 2.43. The van der Waals surface area contributed by atoms with Crippen LogP contribution in [0.4, 0.5) is 5.69 Å². The third kappa shape index (κ3) is 4.21. The lowest BCUT2D eigenvalue weighted by Crippen LogP contribution is -2.47. The summed E-state index contributed by atoms with van der Waals surface area (Å²) < 4.78 is 5.50. The maximum absolute atomic E-state index is 14.2. The van der Waals surface area contributed by atoms with Crippen LogP contribution in [0, 0.1) is 5.92 Å². The van der Waals surface area contributed by atoms with Crippen LogP contribution in [-0.4, -0.2) is 96.1 Å². The summed E-state index contributed by atoms with van der Waals surface area (Å²) in [5, 5.41) is 10.5. The normalized spacial score (nSPS) is 30.1. The Labute approximate surface area is 211 Å². The van der Waals surface area contributed by atoms with Crippen molar-refractivity contribution in [2.45, 2.75) is 68.7 Å². The molecule has 4 atom stereocenters. The molecule has 3 saturated heterocycles. The molecule has 0 spiro atoms. The quantitative estimate of drug-likeness (QED) is 0.601. The Kier molecular flexibility index (Phi) is 6.25. The fourth-order valence-electron chi connectivity index (χ4n) is 6.93. The van der Waals surface area contributed by atoms with Crippen LogP contribution in [0.1, 0.15) is 60.4 Å². The summed E-state index contributed by atoms with van der Waals surface area (Å²) in [6, 6.07) is 5.68. The molecule has 3 N–H and O–H groups in total. The van der Waals surface area contributed by atoms with E-state index in [0.29, 0.717) is 11.1 Å². The van der Waals surface area contributed by atoms with E-state index in [1.807, 2.05) is 12.1 Å². The minimum atomic E-state index is -0.890. The topological polar surface area (TPSA) is 116 Å². The number of hydrogen-bond acceptors (Lipinski definition) is 7. The predicted octanol–water partition coefficient (Wildman–Crippen LogP) is 0.883. The van der Waals surface area contributed by atoms with Crippen LogP contribution in [0.5, 0.6) is 0 Å². The molecule has 0 radical (unpaired) electrons. The van der Waals surface area contributed by atoms with Gasteiger partial charge in [0, 0.05) is 43.5 Å². The number of rotatable bonds is 6. The number of carbonyl (C=O) groups excluding carboxylic acids is 3. The first-order valence-corrected chi connectivity index (χ1v) is 13.5. The van der Waals surface area contributed by atoms with E-state index >= 15 is 0 Å². The van der Waals surface area contributed by atoms with Crippen LogP contribution in [0.2, 0.25) is 0 Å². The summed E-state index contributed by atoms with van der Waals surface area (Å²) in [6.07, 6.45) is 4.85. The number of amides is 2. The lowest BCUT2D eigenvalue weighted by molar-refractivity contribution is -0.139. The van der Waals surface area contributed by atoms with Gasteiger partial charge in [-0.05, 0) is 55.4 Å². The fourth-order valence-corrected chi connectivity index (χ4v) is 6.93. The van der Waals surface area contributed by atoms with Gasteiger partial charge in [0.25, 0.3) is 0 Å². The molecule has 6 rings (SSSR count). The van der Waals surface area contributed by atoms with Crippen molar-refractivity contribution in [3.8, 4) is 0 Å². The number of piperazine rings is 1. The molecule has 2 amide bonds. The van der Waals surface area contributed by atoms with Gasteiger partial charge in [-0.1, -0.05) is 12.8 Å². The maximum atomic E-state index is 14.2. The summed E-state index contributed by atoms with van der Waals surface area (Å²) >= 11 is 0. The van der Waals surface area contributed by atoms with Crippen molar-refractivity contribution in [1.29, 1.82) is 0 Å². The largest absolute Gasteiger partial charge is 0.388 e. The number of anilines is 1. The van der Waals surface area contributed by atoms with Crippen LogP contribution in [-0.2, 0) is 14.3 Å². The molecule has 5 fully saturated rings. The lowest BCUT2D eigenvalue weighted by Gasteiger charge is -2.37. The van der Waals surface area contributed by atoms with Gasteiger partial charge in [-0.15, -0.1) is 0 Å². The summed E-state index contributed by atoms with van der Waals surface area (Å²) in [6.45, 7) is 3.82. The second kappa shape index (κ2) is 9.43. The number of aliphatic hydroxyl groups excluding tert-OH is 1. The molecule has 0 bridgehead atoms. The van der Waals surface area contributed by atoms with E-state index in [-0.39, 0.29) is 30.8 Å². The predicted molar refractivity (Wildman–Crippen MR) is 133 cm³/mol. The first kappa shape index (κ1) is 23.9. The van der Waals surface area contributed by atoms with E-state index in [4.69, 9.17) is 10.5 Å². The van der Waals surface area contributed by atoms with E-state index in [1.165, 1.54) is 17.7 Å². The molecule has 3 heterocycles. The summed E-state index contributed by atoms with van der Waals surface area (Å²) in [5.74, 6) is -1.45. The van der Waals surface area contributed by atoms with Crippen molar-refractivity contribution in [2.75, 3.05) is 44.2 Å². The van der Waals surface area contributed by atoms with Crippen molar-refractivity contribution < 1.29 is 24.2 Å². The highest BCUT2D eigenvalue weighted by molar-refractivity contribution is 5.99. The minimum Gasteiger partial charge on any atom is -0.388 e. The number of ether oxygens (including phenoxy) is 1. The molecule has 1 aromatic rings. The Morgan fingerprint density at radius 1 is 1.06 bits per heavy atom. The van der Waals surface area contributed by atoms with Crippen molar-refractivity contribution >= 4 is 23.3 Å². The molecule has 9 heteroatoms. The molecule has 194 valence electrons. The number of benzene rings is 1. The number of aliphatic hydroxyl groups is 1. The van der Waals surface area contributed by atoms with Gasteiger partial charge >= 0.3 is 0 Å². The van der Waals surface area contributed by atoms with Crippen LogP contribution in [0.15, 0.2) is 18.2 Å². The number of carbonyl (C=O) groups is 3. The lowest BCUT2D eigenvalue weighted by atomic mass is 9.80. The molecule has 5 aliphatic rings. The molecule has 9 nitrogen and oxygen atoms in total. The SMILES string of the molecule is NC(=O)c1ccc(N2CCN(C3CC3)CC2)cc1[C@@H](C(=O)N1C[C@H](O)[C@H]2OCC(=O)[C@H]21)C1CCCC1. The van der Waals surface area contributed by atoms with E-state index in [9.17, 15) is 19.5 Å². The molecule has 1 aromatic carbocycles. The van der Waals surface area contributed by atoms with Crippen LogP contribution in [0.25, 0.3) is 0 Å². The second-order valence-corrected chi connectivity index (χ2v) is 11.2. The highest BCUT2D eigenvalue weighted by Gasteiger charge is 2.53. The maximum Gasteiger partial charge on any atom is 0.249 e. The number of fused-ring (bicyclic) bond motifs is 1. The Bertz CT molecular complexity index is 1040. The Hall–Kier alpha value is -2.49. The number of hydrogen-bond donors (Lipinski definition) is 2. The fraction of sp³-hybridized carbons (Fsp3) is 0.667. The third-order valence-electron chi connectivity index (χ3n) is 8.96. The molecule has 2 saturated carbocycles. The number of nitrogens with two attached hydrogens (primary N) is 1. The van der Waals surface area contributed by atoms with Gasteiger partial charge in [-0.25, -0.2) is 0 Å². The van der Waals surface area contributed by atoms with Gasteiger partial charge < -0.3 is 25.4 Å². The zero-order valence-electron chi connectivity index (χ0n) is 20.7. The zero-order valence-corrected chi connectivity index (χ0v) is 20.7. The molecular weight excluding hydrogens is 460 g/mol. The van der Waals surface area contributed by atoms with Crippen molar-refractivity contribution in [3.05, 3.63) is 29.3 Å². The first-order valence-electron chi connectivity index (χ1n) is 13.5. The number of β-amino-alcohol motifs (C(OH)–C–C–N with tert-alkyl or cyclic N) is 1. The number of nitrogens with zero attached hydrogens (tertiary/aromatic N) is 3. The average molecular weight is 497 g/mol. The van der Waals surface area contributed by atoms with Crippen LogP contribution >= 0.6 is 0 Å². The highest BCUT2D eigenvalue weighted by atomic mass is 16.5. The first-order chi connectivity index (χ1) is 17.4. The molecule has 0 aromatic heterocycles. The van der Waals surface area contributed by atoms with Crippen LogP contribution in [0.3, 0.4) is 0 Å². The average Bonchev–Trinajstić information content (AvgIpc) is 3.28. The van der Waals surface area contributed by atoms with E-state index < -0.39 is 30.1 Å². The van der Waals surface area contributed by atoms with Crippen molar-refractivity contribution in [1.82, 2.24) is 9.80 Å². The van der Waals surface area contributed by atoms with Crippen LogP contribution < -0.4 is 10.6 Å². The Morgan fingerprint density at radius 3 is 2.44 bits per heavy atom. The number of primary amides is 1. The smallest absolute Gasteiger partial charge is 0.249 e. The molecule has 3 aliphatic heterocycles. The van der Waals surface area contributed by atoms with Gasteiger partial charge in [-0.2, -0.15) is 0 Å². The van der Waals surface area contributed by atoms with E-state index in [1.54, 1.807) is 6.07 Å². The Morgan fingerprint density at radius 2 is 1.78 bits per heavy atom. The standard InChI is InChI=1S/C27H36N4O5/c28-26(34)19-8-7-18(30-11-9-29(10-12-30)17-5-6-17)13-20(19)23(16-3-1-2-4-16)27(35)31-14-21(32)25-24(31)22(33)15-36-25/h7-8,13,16-17,21,23-25,32H,1-6,9-12,14-15H2,(H2,28,34)/t21-,23-,24+,25+/m0/s1. The van der Waals surface area contributed by atoms with Gasteiger partial charge in [0.2, 0.25) is 11.8 Å². The van der Waals surface area contributed by atoms with Gasteiger partial charge in [0.15, 0.2) is 5.78 Å². The van der Waals surface area contributed by atoms with E-state index in [0.717, 1.165) is 63.6 Å². The van der Waals surface area contributed by atoms with Gasteiger partial charge in [0.1, 0.15) is 24.9 Å². The zero-order chi connectivity index (χ0) is 25.0. The van der Waals surface area contributed by atoms with Gasteiger partial charge in [-0.3, -0.25) is 19.3 Å². The molecular formula is C27H36N4O5. The number of Topliss-reactive ketones (excluding diaryl/α,β-unsaturated/α-hetero) is 1. The second-order valence-electron chi connectivity index (χ2n) is 11.2. The van der Waals surface area contributed by atoms with Crippen molar-refractivity contribution in [2.24, 2.45) is 11.7 Å². The minimum absolute atomic E-state index is 0.0613. The summed E-state index contributed by atoms with van der Waals surface area (Å²) in [7, 11) is 0. The number of ketones is 1.